The fourth-order valence-corrected chi connectivity index (χ4v) is 3.61. The Morgan fingerprint density at radius 3 is 2.77 bits per heavy atom. The molecule has 2 aromatic carbocycles. The largest absolute Gasteiger partial charge is 0.504 e. The summed E-state index contributed by atoms with van der Waals surface area (Å²) in [7, 11) is 1.51. The second kappa shape index (κ2) is 7.74. The van der Waals surface area contributed by atoms with Crippen molar-refractivity contribution in [1.29, 1.82) is 0 Å². The molecule has 0 aliphatic heterocycles. The second-order valence-corrected chi connectivity index (χ2v) is 6.63. The highest BCUT2D eigenvalue weighted by atomic mass is 32.2. The first kappa shape index (κ1) is 18.2. The Kier molecular flexibility index (Phi) is 5.42. The summed E-state index contributed by atoms with van der Waals surface area (Å²) in [4.78, 5) is 12.8. The first-order valence-electron chi connectivity index (χ1n) is 8.30. The maximum absolute atomic E-state index is 11.9. The standard InChI is InChI=1S/C20H21NO4S/c1-4-21-18(23)10-12-5-8-16-14(9-12)20(26-3)19(25-16)13-6-7-15(22)17(11-13)24-2/h5-9,11,22H,4,10H2,1-3H3,(H,21,23). The van der Waals surface area contributed by atoms with Crippen LogP contribution in [0.1, 0.15) is 12.5 Å². The molecule has 5 nitrogen and oxygen atoms in total. The van der Waals surface area contributed by atoms with Crippen molar-refractivity contribution < 1.29 is 19.1 Å². The van der Waals surface area contributed by atoms with Crippen molar-refractivity contribution >= 4 is 28.6 Å². The molecule has 0 fully saturated rings. The van der Waals surface area contributed by atoms with Crippen molar-refractivity contribution in [1.82, 2.24) is 5.32 Å². The van der Waals surface area contributed by atoms with Crippen LogP contribution in [0.4, 0.5) is 0 Å². The van der Waals surface area contributed by atoms with E-state index in [0.717, 1.165) is 32.8 Å². The molecule has 3 aromatic rings. The van der Waals surface area contributed by atoms with Gasteiger partial charge in [-0.25, -0.2) is 0 Å². The molecule has 1 amide bonds. The van der Waals surface area contributed by atoms with Gasteiger partial charge in [0.05, 0.1) is 18.4 Å². The summed E-state index contributed by atoms with van der Waals surface area (Å²) in [6.45, 7) is 2.52. The first-order chi connectivity index (χ1) is 12.6. The van der Waals surface area contributed by atoms with Gasteiger partial charge in [-0.2, -0.15) is 0 Å². The van der Waals surface area contributed by atoms with Gasteiger partial charge in [0.15, 0.2) is 11.5 Å². The molecule has 0 unspecified atom stereocenters. The van der Waals surface area contributed by atoms with Crippen LogP contribution in [0.25, 0.3) is 22.3 Å². The van der Waals surface area contributed by atoms with Gasteiger partial charge in [-0.3, -0.25) is 4.79 Å². The molecule has 3 rings (SSSR count). The van der Waals surface area contributed by atoms with Crippen molar-refractivity contribution in [2.45, 2.75) is 18.2 Å². The maximum atomic E-state index is 11.9. The number of carbonyl (C=O) groups is 1. The number of rotatable bonds is 6. The number of fused-ring (bicyclic) bond motifs is 1. The number of carbonyl (C=O) groups excluding carboxylic acids is 1. The number of phenolic OH excluding ortho intramolecular Hbond substituents is 1. The lowest BCUT2D eigenvalue weighted by atomic mass is 10.1. The Balaban J connectivity index is 2.06. The van der Waals surface area contributed by atoms with E-state index in [1.165, 1.54) is 7.11 Å². The van der Waals surface area contributed by atoms with Crippen molar-refractivity contribution in [2.24, 2.45) is 0 Å². The molecule has 0 saturated heterocycles. The number of nitrogens with one attached hydrogen (secondary N) is 1. The van der Waals surface area contributed by atoms with Gasteiger partial charge in [0.2, 0.25) is 5.91 Å². The molecule has 136 valence electrons. The van der Waals surface area contributed by atoms with Gasteiger partial charge in [-0.1, -0.05) is 6.07 Å². The normalized spacial score (nSPS) is 10.9. The van der Waals surface area contributed by atoms with Gasteiger partial charge in [0.1, 0.15) is 11.3 Å². The average Bonchev–Trinajstić information content (AvgIpc) is 3.00. The fourth-order valence-electron chi connectivity index (χ4n) is 2.89. The fraction of sp³-hybridized carbons (Fsp3) is 0.250. The molecule has 1 heterocycles. The number of methoxy groups -OCH3 is 1. The maximum Gasteiger partial charge on any atom is 0.224 e. The molecule has 0 aliphatic carbocycles. The quantitative estimate of drug-likeness (QED) is 0.635. The van der Waals surface area contributed by atoms with E-state index >= 15 is 0 Å². The molecule has 6 heteroatoms. The van der Waals surface area contributed by atoms with E-state index in [-0.39, 0.29) is 11.7 Å². The number of hydrogen-bond donors (Lipinski definition) is 2. The number of ether oxygens (including phenoxy) is 1. The minimum Gasteiger partial charge on any atom is -0.504 e. The third-order valence-electron chi connectivity index (χ3n) is 4.09. The van der Waals surface area contributed by atoms with E-state index in [1.54, 1.807) is 30.0 Å². The van der Waals surface area contributed by atoms with Crippen LogP contribution in [0.2, 0.25) is 0 Å². The van der Waals surface area contributed by atoms with E-state index in [1.807, 2.05) is 31.4 Å². The van der Waals surface area contributed by atoms with E-state index < -0.39 is 0 Å². The predicted molar refractivity (Wildman–Crippen MR) is 104 cm³/mol. The molecule has 0 atom stereocenters. The Hall–Kier alpha value is -2.60. The number of likely N-dealkylation sites (N-methyl/N-ethyl adjacent to an activating group) is 1. The molecular weight excluding hydrogens is 350 g/mol. The number of thioether (sulfide) groups is 1. The van der Waals surface area contributed by atoms with Crippen LogP contribution < -0.4 is 10.1 Å². The molecule has 0 spiro atoms. The van der Waals surface area contributed by atoms with E-state index in [2.05, 4.69) is 5.32 Å². The van der Waals surface area contributed by atoms with E-state index in [0.29, 0.717) is 18.7 Å². The van der Waals surface area contributed by atoms with Gasteiger partial charge in [0.25, 0.3) is 0 Å². The van der Waals surface area contributed by atoms with Crippen LogP contribution in [-0.2, 0) is 11.2 Å². The lowest BCUT2D eigenvalue weighted by Crippen LogP contribution is -2.24. The number of aromatic hydroxyl groups is 1. The van der Waals surface area contributed by atoms with Crippen LogP contribution in [0.5, 0.6) is 11.5 Å². The van der Waals surface area contributed by atoms with Gasteiger partial charge < -0.3 is 19.6 Å². The summed E-state index contributed by atoms with van der Waals surface area (Å²) in [5.41, 5.74) is 2.52. The summed E-state index contributed by atoms with van der Waals surface area (Å²) < 4.78 is 11.3. The average molecular weight is 371 g/mol. The number of furan rings is 1. The zero-order chi connectivity index (χ0) is 18.7. The summed E-state index contributed by atoms with van der Waals surface area (Å²) in [6, 6.07) is 10.9. The van der Waals surface area contributed by atoms with Gasteiger partial charge in [-0.05, 0) is 49.1 Å². The Morgan fingerprint density at radius 1 is 1.27 bits per heavy atom. The molecule has 0 radical (unpaired) electrons. The van der Waals surface area contributed by atoms with Crippen molar-refractivity contribution in [3.05, 3.63) is 42.0 Å². The molecule has 0 aliphatic rings. The van der Waals surface area contributed by atoms with Crippen molar-refractivity contribution in [3.63, 3.8) is 0 Å². The van der Waals surface area contributed by atoms with E-state index in [4.69, 9.17) is 9.15 Å². The SMILES string of the molecule is CCNC(=O)Cc1ccc2oc(-c3ccc(O)c(OC)c3)c(SC)c2c1. The predicted octanol–water partition coefficient (Wildman–Crippen LogP) is 4.21. The summed E-state index contributed by atoms with van der Waals surface area (Å²) >= 11 is 1.58. The molecule has 2 N–H and O–H groups in total. The minimum atomic E-state index is 0.00420. The second-order valence-electron chi connectivity index (χ2n) is 5.81. The van der Waals surface area contributed by atoms with Crippen LogP contribution >= 0.6 is 11.8 Å². The summed E-state index contributed by atoms with van der Waals surface area (Å²) in [5.74, 6) is 1.21. The van der Waals surface area contributed by atoms with Crippen LogP contribution in [0, 0.1) is 0 Å². The zero-order valence-electron chi connectivity index (χ0n) is 15.0. The molecule has 1 aromatic heterocycles. The highest BCUT2D eigenvalue weighted by molar-refractivity contribution is 7.99. The lowest BCUT2D eigenvalue weighted by molar-refractivity contribution is -0.120. The highest BCUT2D eigenvalue weighted by Crippen LogP contribution is 2.41. The number of hydrogen-bond acceptors (Lipinski definition) is 5. The van der Waals surface area contributed by atoms with Crippen molar-refractivity contribution in [3.8, 4) is 22.8 Å². The topological polar surface area (TPSA) is 71.7 Å². The minimum absolute atomic E-state index is 0.00420. The van der Waals surface area contributed by atoms with Gasteiger partial charge in [-0.15, -0.1) is 11.8 Å². The first-order valence-corrected chi connectivity index (χ1v) is 9.53. The smallest absolute Gasteiger partial charge is 0.224 e. The lowest BCUT2D eigenvalue weighted by Gasteiger charge is -2.06. The number of phenols is 1. The molecule has 26 heavy (non-hydrogen) atoms. The van der Waals surface area contributed by atoms with Crippen molar-refractivity contribution in [2.75, 3.05) is 19.9 Å². The summed E-state index contributed by atoms with van der Waals surface area (Å²) in [5, 5.41) is 13.6. The monoisotopic (exact) mass is 371 g/mol. The molecular formula is C20H21NO4S. The van der Waals surface area contributed by atoms with Gasteiger partial charge in [0, 0.05) is 17.5 Å². The number of benzene rings is 2. The highest BCUT2D eigenvalue weighted by Gasteiger charge is 2.17. The molecule has 0 bridgehead atoms. The zero-order valence-corrected chi connectivity index (χ0v) is 15.8. The number of amides is 1. The summed E-state index contributed by atoms with van der Waals surface area (Å²) in [6.07, 6.45) is 2.33. The Bertz CT molecular complexity index is 948. The third-order valence-corrected chi connectivity index (χ3v) is 4.91. The van der Waals surface area contributed by atoms with Crippen LogP contribution in [-0.4, -0.2) is 30.9 Å². The van der Waals surface area contributed by atoms with Gasteiger partial charge >= 0.3 is 0 Å². The molecule has 0 saturated carbocycles. The Morgan fingerprint density at radius 2 is 2.08 bits per heavy atom. The third kappa shape index (κ3) is 3.51. The van der Waals surface area contributed by atoms with E-state index in [9.17, 15) is 9.90 Å². The van der Waals surface area contributed by atoms with Crippen LogP contribution in [0.15, 0.2) is 45.7 Å². The van der Waals surface area contributed by atoms with Crippen LogP contribution in [0.3, 0.4) is 0 Å². The Labute approximate surface area is 156 Å².